The number of nitrogens with zero attached hydrogens (tertiary/aromatic N) is 2. The van der Waals surface area contributed by atoms with E-state index in [2.05, 4.69) is 32.2 Å². The van der Waals surface area contributed by atoms with E-state index in [4.69, 9.17) is 33.7 Å². The molecule has 7 atom stereocenters. The minimum atomic E-state index is -1.48. The van der Waals surface area contributed by atoms with Gasteiger partial charge in [0.1, 0.15) is 30.0 Å². The van der Waals surface area contributed by atoms with Crippen LogP contribution in [0.3, 0.4) is 0 Å². The number of rotatable bonds is 30. The number of carbonyl (C=O) groups excluding carboxylic acids is 1. The van der Waals surface area contributed by atoms with Crippen LogP contribution < -0.4 is 9.47 Å². The highest BCUT2D eigenvalue weighted by Crippen LogP contribution is 2.62. The lowest BCUT2D eigenvalue weighted by Crippen LogP contribution is -2.70. The zero-order chi connectivity index (χ0) is 47.3. The number of fused-ring (bicyclic) bond motifs is 2. The van der Waals surface area contributed by atoms with Gasteiger partial charge in [0.05, 0.1) is 31.5 Å². The largest absolute Gasteiger partial charge is 0.490 e. The molecule has 4 aliphatic rings. The fourth-order valence-corrected chi connectivity index (χ4v) is 10.7. The highest BCUT2D eigenvalue weighted by molar-refractivity contribution is 6.03. The summed E-state index contributed by atoms with van der Waals surface area (Å²) in [6, 6.07) is 11.3. The number of amides is 1. The lowest BCUT2D eigenvalue weighted by atomic mass is 9.55. The van der Waals surface area contributed by atoms with Gasteiger partial charge in [0.2, 0.25) is 12.1 Å². The zero-order valence-corrected chi connectivity index (χ0v) is 40.3. The molecular formula is C55H79FN2O9. The van der Waals surface area contributed by atoms with E-state index in [1.54, 1.807) is 29.2 Å². The second kappa shape index (κ2) is 27.7. The number of carbonyl (C=O) groups is 1. The number of hydrogen-bond donors (Lipinski definition) is 2. The number of allylic oxidation sites excluding steroid dienone is 1. The van der Waals surface area contributed by atoms with Gasteiger partial charge in [0.25, 0.3) is 0 Å². The van der Waals surface area contributed by atoms with Gasteiger partial charge < -0.3 is 38.7 Å². The summed E-state index contributed by atoms with van der Waals surface area (Å²) in [7, 11) is 0. The van der Waals surface area contributed by atoms with Crippen molar-refractivity contribution in [3.63, 3.8) is 0 Å². The summed E-state index contributed by atoms with van der Waals surface area (Å²) in [5.41, 5.74) is 3.28. The third kappa shape index (κ3) is 14.2. The topological polar surface area (TPSA) is 129 Å². The summed E-state index contributed by atoms with van der Waals surface area (Å²) in [6.07, 6.45) is 23.7. The predicted octanol–water partition coefficient (Wildman–Crippen LogP) is 12.1. The minimum absolute atomic E-state index is 0.0411. The van der Waals surface area contributed by atoms with Crippen molar-refractivity contribution in [2.45, 2.75) is 166 Å². The number of aliphatic hydroxyl groups is 2. The van der Waals surface area contributed by atoms with Crippen LogP contribution in [0.25, 0.3) is 0 Å². The number of unbranched alkanes of at least 4 members (excludes halogenated alkanes) is 11. The maximum absolute atomic E-state index is 15.0. The van der Waals surface area contributed by atoms with E-state index >= 15 is 0 Å². The second-order valence-electron chi connectivity index (χ2n) is 18.8. The number of hydrogen-bond acceptors (Lipinski definition) is 10. The molecule has 6 rings (SSSR count). The molecular weight excluding hydrogens is 852 g/mol. The number of ether oxygens (including phenoxy) is 5. The summed E-state index contributed by atoms with van der Waals surface area (Å²) in [6.45, 7) is 11.7. The fourth-order valence-electron chi connectivity index (χ4n) is 10.7. The Morgan fingerprint density at radius 2 is 1.61 bits per heavy atom. The van der Waals surface area contributed by atoms with Crippen LogP contribution in [0.1, 0.15) is 152 Å². The Labute approximate surface area is 399 Å². The standard InChI is InChI=1S/C55H79FN2O9/c1-4-7-8-9-10-11-12-13-14-20-36-64-54(61)58(40-41-25-27-43(56)28-26-41)50-39-48(57-67-51-24-17-21-35-63-51)46-37-42(22-15-18-31-59)45(23-16-19-32-60)52-47-38-44(62-33-5-2)29-30-49(47)66-55(50,53(46)52)65-34-6-3/h5-6,25-30,37-38,42,45,50-53,59-60H,2-4,7-24,31-36,39-40H2,1H3. The van der Waals surface area contributed by atoms with Crippen LogP contribution in [-0.4, -0.2) is 84.7 Å². The molecule has 1 saturated carbocycles. The summed E-state index contributed by atoms with van der Waals surface area (Å²) in [5, 5.41) is 24.9. The van der Waals surface area contributed by atoms with Crippen LogP contribution in [0.2, 0.25) is 0 Å². The van der Waals surface area contributed by atoms with Crippen molar-refractivity contribution in [2.24, 2.45) is 22.9 Å². The summed E-state index contributed by atoms with van der Waals surface area (Å²) in [5.74, 6) is -1.19. The molecule has 7 unspecified atom stereocenters. The molecule has 2 aliphatic heterocycles. The van der Waals surface area contributed by atoms with Gasteiger partial charge in [0.15, 0.2) is 0 Å². The molecule has 370 valence electrons. The van der Waals surface area contributed by atoms with Crippen LogP contribution in [0.4, 0.5) is 9.18 Å². The van der Waals surface area contributed by atoms with Gasteiger partial charge >= 0.3 is 6.09 Å². The average molecular weight is 931 g/mol. The molecule has 2 aliphatic carbocycles. The van der Waals surface area contributed by atoms with Crippen molar-refractivity contribution in [1.82, 2.24) is 4.90 Å². The van der Waals surface area contributed by atoms with Crippen LogP contribution in [0.15, 0.2) is 84.6 Å². The van der Waals surface area contributed by atoms with Gasteiger partial charge in [-0.2, -0.15) is 0 Å². The van der Waals surface area contributed by atoms with Crippen molar-refractivity contribution in [3.8, 4) is 11.5 Å². The molecule has 2 fully saturated rings. The first-order valence-electron chi connectivity index (χ1n) is 25.6. The van der Waals surface area contributed by atoms with Crippen LogP contribution >= 0.6 is 0 Å². The Balaban J connectivity index is 1.45. The molecule has 0 radical (unpaired) electrons. The van der Waals surface area contributed by atoms with Crippen molar-refractivity contribution in [3.05, 3.63) is 96.4 Å². The van der Waals surface area contributed by atoms with E-state index in [0.29, 0.717) is 55.3 Å². The molecule has 2 aromatic carbocycles. The summed E-state index contributed by atoms with van der Waals surface area (Å²) in [4.78, 5) is 23.0. The zero-order valence-electron chi connectivity index (χ0n) is 40.3. The molecule has 2 N–H and O–H groups in total. The van der Waals surface area contributed by atoms with E-state index in [-0.39, 0.29) is 63.0 Å². The molecule has 0 aromatic heterocycles. The van der Waals surface area contributed by atoms with E-state index in [1.165, 1.54) is 57.1 Å². The maximum atomic E-state index is 15.0. The van der Waals surface area contributed by atoms with E-state index in [0.717, 1.165) is 68.9 Å². The van der Waals surface area contributed by atoms with Crippen molar-refractivity contribution in [1.29, 1.82) is 0 Å². The van der Waals surface area contributed by atoms with Gasteiger partial charge in [-0.05, 0) is 98.2 Å². The number of halogens is 1. The Morgan fingerprint density at radius 3 is 2.30 bits per heavy atom. The highest BCUT2D eigenvalue weighted by atomic mass is 19.1. The van der Waals surface area contributed by atoms with Gasteiger partial charge in [-0.1, -0.05) is 120 Å². The molecule has 12 heteroatoms. The molecule has 2 aromatic rings. The summed E-state index contributed by atoms with van der Waals surface area (Å²) >= 11 is 0. The SMILES string of the molecule is C=CCOc1ccc2c(c1)C1C(CCCCO)C(CCCCO)C=C3C(=NOC4CCCCO4)CC(N(Cc4ccc(F)cc4)C(=O)OCCCCCCCCCCCC)C(OCC=C)(O2)C31. The van der Waals surface area contributed by atoms with Crippen molar-refractivity contribution in [2.75, 3.05) is 39.6 Å². The fraction of sp³-hybridized carbons (Fsp3) is 0.636. The molecule has 1 saturated heterocycles. The predicted molar refractivity (Wildman–Crippen MR) is 260 cm³/mol. The molecule has 0 bridgehead atoms. The van der Waals surface area contributed by atoms with E-state index < -0.39 is 30.1 Å². The molecule has 11 nitrogen and oxygen atoms in total. The normalized spacial score (nSPS) is 24.7. The van der Waals surface area contributed by atoms with Gasteiger partial charge in [-0.3, -0.25) is 4.90 Å². The minimum Gasteiger partial charge on any atom is -0.490 e. The van der Waals surface area contributed by atoms with Gasteiger partial charge in [0, 0.05) is 44.1 Å². The van der Waals surface area contributed by atoms with Gasteiger partial charge in [-0.25, -0.2) is 9.18 Å². The van der Waals surface area contributed by atoms with E-state index in [9.17, 15) is 19.4 Å². The first kappa shape index (κ1) is 52.1. The van der Waals surface area contributed by atoms with Crippen LogP contribution in [0, 0.1) is 23.6 Å². The van der Waals surface area contributed by atoms with Crippen molar-refractivity contribution < 1.29 is 47.9 Å². The van der Waals surface area contributed by atoms with Crippen LogP contribution in [0.5, 0.6) is 11.5 Å². The third-order valence-corrected chi connectivity index (χ3v) is 14.0. The quantitative estimate of drug-likeness (QED) is 0.0447. The number of oxime groups is 1. The molecule has 67 heavy (non-hydrogen) atoms. The lowest BCUT2D eigenvalue weighted by molar-refractivity contribution is -0.256. The van der Waals surface area contributed by atoms with E-state index in [1.807, 2.05) is 12.1 Å². The first-order chi connectivity index (χ1) is 32.9. The average Bonchev–Trinajstić information content (AvgIpc) is 3.35. The van der Waals surface area contributed by atoms with Gasteiger partial charge in [-0.15, -0.1) is 6.58 Å². The first-order valence-corrected chi connectivity index (χ1v) is 25.6. The van der Waals surface area contributed by atoms with Crippen molar-refractivity contribution >= 4 is 11.8 Å². The van der Waals surface area contributed by atoms with Crippen LogP contribution in [-0.2, 0) is 25.6 Å². The summed E-state index contributed by atoms with van der Waals surface area (Å²) < 4.78 is 47.4. The number of aliphatic hydroxyl groups excluding tert-OH is 2. The maximum Gasteiger partial charge on any atom is 0.410 e. The Bertz CT molecular complexity index is 1880. The second-order valence-corrected chi connectivity index (χ2v) is 18.8. The Morgan fingerprint density at radius 1 is 0.896 bits per heavy atom. The smallest absolute Gasteiger partial charge is 0.410 e. The Hall–Kier alpha value is -4.23. The Kier molecular flexibility index (Phi) is 21.5. The molecule has 0 spiro atoms. The third-order valence-electron chi connectivity index (χ3n) is 14.0. The molecule has 2 heterocycles. The lowest BCUT2D eigenvalue weighted by Gasteiger charge is -2.60. The molecule has 1 amide bonds. The monoisotopic (exact) mass is 931 g/mol. The number of benzene rings is 2. The highest BCUT2D eigenvalue weighted by Gasteiger charge is 2.65.